The molecule has 2 aromatic rings. The Morgan fingerprint density at radius 1 is 1.32 bits per heavy atom. The molecule has 0 spiro atoms. The zero-order valence-electron chi connectivity index (χ0n) is 17.1. The molecule has 2 aliphatic rings. The van der Waals surface area contributed by atoms with Gasteiger partial charge in [0.15, 0.2) is 11.9 Å². The summed E-state index contributed by atoms with van der Waals surface area (Å²) in [7, 11) is -3.74. The van der Waals surface area contributed by atoms with Crippen molar-refractivity contribution in [1.29, 1.82) is 0 Å². The number of hydrogen-bond donors (Lipinski definition) is 1. The maximum atomic E-state index is 12.7. The SMILES string of the molecule is Cc1cc(NC(=O)[C@H](C)OC(=O)[C@H]2CCCN(C3=NS(=O)(=O)c4ccccc43)C2)on1. The first-order valence-electron chi connectivity index (χ1n) is 9.88. The number of carbonyl (C=O) groups is 2. The lowest BCUT2D eigenvalue weighted by Crippen LogP contribution is -2.44. The quantitative estimate of drug-likeness (QED) is 0.702. The van der Waals surface area contributed by atoms with Gasteiger partial charge in [0.2, 0.25) is 5.88 Å². The number of rotatable bonds is 4. The molecule has 11 heteroatoms. The van der Waals surface area contributed by atoms with Gasteiger partial charge in [0.05, 0.1) is 11.6 Å². The molecule has 1 aromatic heterocycles. The molecule has 0 radical (unpaired) electrons. The maximum absolute atomic E-state index is 12.7. The Balaban J connectivity index is 1.41. The molecule has 1 saturated heterocycles. The van der Waals surface area contributed by atoms with E-state index in [1.165, 1.54) is 13.0 Å². The fourth-order valence-corrected chi connectivity index (χ4v) is 4.88. The number of hydrogen-bond acceptors (Lipinski definition) is 8. The summed E-state index contributed by atoms with van der Waals surface area (Å²) in [5, 5.41) is 6.18. The standard InChI is InChI=1S/C20H22N4O6S/c1-12-10-17(30-22-12)21-19(25)13(2)29-20(26)14-6-5-9-24(11-14)18-15-7-3-4-8-16(15)31(27,28)23-18/h3-4,7-8,10,13-14H,5-6,9,11H2,1-2H3,(H,21,25)/t13-,14-/m0/s1. The van der Waals surface area contributed by atoms with E-state index in [1.807, 2.05) is 0 Å². The van der Waals surface area contributed by atoms with Crippen LogP contribution in [0.1, 0.15) is 31.0 Å². The smallest absolute Gasteiger partial charge is 0.311 e. The van der Waals surface area contributed by atoms with E-state index in [0.717, 1.165) is 0 Å². The lowest BCUT2D eigenvalue weighted by molar-refractivity contribution is -0.158. The summed E-state index contributed by atoms with van der Waals surface area (Å²) in [5.41, 5.74) is 1.15. The number of sulfonamides is 1. The van der Waals surface area contributed by atoms with Gasteiger partial charge in [0, 0.05) is 24.7 Å². The van der Waals surface area contributed by atoms with E-state index in [4.69, 9.17) is 9.26 Å². The van der Waals surface area contributed by atoms with Gasteiger partial charge < -0.3 is 14.2 Å². The van der Waals surface area contributed by atoms with Crippen LogP contribution >= 0.6 is 0 Å². The maximum Gasteiger partial charge on any atom is 0.311 e. The van der Waals surface area contributed by atoms with E-state index in [1.54, 1.807) is 36.1 Å². The fraction of sp³-hybridized carbons (Fsp3) is 0.400. The Kier molecular flexibility index (Phi) is 5.52. The highest BCUT2D eigenvalue weighted by atomic mass is 32.2. The molecule has 1 aromatic carbocycles. The van der Waals surface area contributed by atoms with Crippen LogP contribution in [0.3, 0.4) is 0 Å². The highest BCUT2D eigenvalue weighted by molar-refractivity contribution is 7.90. The summed E-state index contributed by atoms with van der Waals surface area (Å²) in [5.74, 6) is -1.03. The molecule has 1 fully saturated rings. The monoisotopic (exact) mass is 446 g/mol. The molecule has 0 unspecified atom stereocenters. The average molecular weight is 446 g/mol. The lowest BCUT2D eigenvalue weighted by atomic mass is 9.97. The Morgan fingerprint density at radius 3 is 2.84 bits per heavy atom. The topological polar surface area (TPSA) is 131 Å². The number of piperidine rings is 1. The number of amides is 1. The third kappa shape index (κ3) is 4.31. The third-order valence-electron chi connectivity index (χ3n) is 5.20. The van der Waals surface area contributed by atoms with E-state index in [2.05, 4.69) is 14.9 Å². The Labute approximate surface area is 179 Å². The molecular formula is C20H22N4O6S. The minimum atomic E-state index is -3.74. The van der Waals surface area contributed by atoms with Gasteiger partial charge in [-0.15, -0.1) is 4.40 Å². The molecule has 0 aliphatic carbocycles. The molecule has 0 bridgehead atoms. The predicted octanol–water partition coefficient (Wildman–Crippen LogP) is 1.71. The van der Waals surface area contributed by atoms with Gasteiger partial charge in [0.25, 0.3) is 15.9 Å². The molecule has 0 saturated carbocycles. The van der Waals surface area contributed by atoms with Crippen LogP contribution in [0.2, 0.25) is 0 Å². The Bertz CT molecular complexity index is 1160. The molecule has 31 heavy (non-hydrogen) atoms. The van der Waals surface area contributed by atoms with Crippen LogP contribution in [0.25, 0.3) is 0 Å². The van der Waals surface area contributed by atoms with Crippen molar-refractivity contribution >= 4 is 33.6 Å². The molecule has 3 heterocycles. The highest BCUT2D eigenvalue weighted by Crippen LogP contribution is 2.30. The number of aryl methyl sites for hydroxylation is 1. The van der Waals surface area contributed by atoms with E-state index >= 15 is 0 Å². The van der Waals surface area contributed by atoms with Crippen LogP contribution in [0.15, 0.2) is 44.1 Å². The van der Waals surface area contributed by atoms with Crippen molar-refractivity contribution in [2.24, 2.45) is 10.3 Å². The summed E-state index contributed by atoms with van der Waals surface area (Å²) >= 11 is 0. The highest BCUT2D eigenvalue weighted by Gasteiger charge is 2.36. The zero-order valence-corrected chi connectivity index (χ0v) is 17.9. The van der Waals surface area contributed by atoms with Crippen LogP contribution in [0.5, 0.6) is 0 Å². The predicted molar refractivity (Wildman–Crippen MR) is 110 cm³/mol. The molecule has 10 nitrogen and oxygen atoms in total. The molecule has 4 rings (SSSR count). The average Bonchev–Trinajstić information content (AvgIpc) is 3.28. The molecule has 164 valence electrons. The second-order valence-corrected chi connectivity index (χ2v) is 9.14. The molecule has 2 atom stereocenters. The molecular weight excluding hydrogens is 424 g/mol. The van der Waals surface area contributed by atoms with Crippen molar-refractivity contribution in [1.82, 2.24) is 10.1 Å². The Morgan fingerprint density at radius 2 is 2.10 bits per heavy atom. The van der Waals surface area contributed by atoms with Crippen molar-refractivity contribution in [2.45, 2.75) is 37.7 Å². The number of fused-ring (bicyclic) bond motifs is 1. The van der Waals surface area contributed by atoms with Crippen LogP contribution in [-0.4, -0.2) is 55.4 Å². The van der Waals surface area contributed by atoms with Gasteiger partial charge in [-0.2, -0.15) is 8.42 Å². The third-order valence-corrected chi connectivity index (χ3v) is 6.53. The Hall–Kier alpha value is -3.21. The zero-order chi connectivity index (χ0) is 22.2. The summed E-state index contributed by atoms with van der Waals surface area (Å²) < 4.78 is 38.9. The van der Waals surface area contributed by atoms with Gasteiger partial charge in [-0.25, -0.2) is 0 Å². The molecule has 2 aliphatic heterocycles. The second-order valence-electron chi connectivity index (χ2n) is 7.57. The van der Waals surface area contributed by atoms with Crippen molar-refractivity contribution in [3.63, 3.8) is 0 Å². The van der Waals surface area contributed by atoms with E-state index in [-0.39, 0.29) is 17.3 Å². The van der Waals surface area contributed by atoms with Crippen molar-refractivity contribution in [3.05, 3.63) is 41.6 Å². The number of nitrogens with one attached hydrogen (secondary N) is 1. The van der Waals surface area contributed by atoms with Gasteiger partial charge in [-0.3, -0.25) is 14.9 Å². The lowest BCUT2D eigenvalue weighted by Gasteiger charge is -2.33. The van der Waals surface area contributed by atoms with E-state index < -0.39 is 33.9 Å². The van der Waals surface area contributed by atoms with Crippen molar-refractivity contribution in [2.75, 3.05) is 18.4 Å². The normalized spacial score (nSPS) is 20.5. The number of ether oxygens (including phenoxy) is 1. The molecule has 1 N–H and O–H groups in total. The van der Waals surface area contributed by atoms with Crippen LogP contribution in [0.4, 0.5) is 5.88 Å². The number of nitrogens with zero attached hydrogens (tertiary/aromatic N) is 3. The summed E-state index contributed by atoms with van der Waals surface area (Å²) in [6.07, 6.45) is 0.212. The molecule has 1 amide bonds. The van der Waals surface area contributed by atoms with E-state index in [9.17, 15) is 18.0 Å². The first kappa shape index (κ1) is 21.0. The van der Waals surface area contributed by atoms with Gasteiger partial charge >= 0.3 is 5.97 Å². The summed E-state index contributed by atoms with van der Waals surface area (Å²) in [6.45, 7) is 4.03. The van der Waals surface area contributed by atoms with Crippen molar-refractivity contribution in [3.8, 4) is 0 Å². The van der Waals surface area contributed by atoms with Crippen LogP contribution in [-0.2, 0) is 24.3 Å². The van der Waals surface area contributed by atoms with Gasteiger partial charge in [0.1, 0.15) is 4.90 Å². The van der Waals surface area contributed by atoms with Crippen LogP contribution in [0, 0.1) is 12.8 Å². The van der Waals surface area contributed by atoms with Crippen LogP contribution < -0.4 is 5.32 Å². The number of esters is 1. The first-order valence-corrected chi connectivity index (χ1v) is 11.3. The fourth-order valence-electron chi connectivity index (χ4n) is 3.65. The number of likely N-dealkylation sites (tertiary alicyclic amines) is 1. The summed E-state index contributed by atoms with van der Waals surface area (Å²) in [6, 6.07) is 8.18. The number of carbonyl (C=O) groups excluding carboxylic acids is 2. The van der Waals surface area contributed by atoms with Gasteiger partial charge in [-0.05, 0) is 38.8 Å². The second kappa shape index (κ2) is 8.14. The minimum absolute atomic E-state index is 0.169. The van der Waals surface area contributed by atoms with Gasteiger partial charge in [-0.1, -0.05) is 17.3 Å². The summed E-state index contributed by atoms with van der Waals surface area (Å²) in [4.78, 5) is 26.9. The van der Waals surface area contributed by atoms with E-state index in [0.29, 0.717) is 36.5 Å². The number of aromatic nitrogens is 1. The first-order chi connectivity index (χ1) is 14.7. The minimum Gasteiger partial charge on any atom is -0.452 e. The largest absolute Gasteiger partial charge is 0.452 e. The number of anilines is 1. The van der Waals surface area contributed by atoms with Crippen molar-refractivity contribution < 1.29 is 27.3 Å². The number of amidine groups is 1. The number of benzene rings is 1.